The summed E-state index contributed by atoms with van der Waals surface area (Å²) in [4.78, 5) is 12.6. The SMILES string of the molecule is O=C(Nc1ccc2c(c1)NCCC2)c1sccc1Cl. The Bertz CT molecular complexity index is 624. The quantitative estimate of drug-likeness (QED) is 0.878. The summed E-state index contributed by atoms with van der Waals surface area (Å²) in [6.45, 7) is 0.987. The minimum absolute atomic E-state index is 0.157. The van der Waals surface area contributed by atoms with Crippen LogP contribution < -0.4 is 10.6 Å². The summed E-state index contributed by atoms with van der Waals surface area (Å²) in [5.41, 5.74) is 3.21. The number of hydrogen-bond donors (Lipinski definition) is 2. The summed E-state index contributed by atoms with van der Waals surface area (Å²) in [5.74, 6) is -0.157. The highest BCUT2D eigenvalue weighted by atomic mass is 35.5. The number of anilines is 2. The van der Waals surface area contributed by atoms with Gasteiger partial charge in [0, 0.05) is 17.9 Å². The van der Waals surface area contributed by atoms with Gasteiger partial charge in [-0.2, -0.15) is 0 Å². The molecule has 0 radical (unpaired) electrons. The normalized spacial score (nSPS) is 13.5. The summed E-state index contributed by atoms with van der Waals surface area (Å²) in [6.07, 6.45) is 2.25. The fraction of sp³-hybridized carbons (Fsp3) is 0.214. The standard InChI is InChI=1S/C14H13ClN2OS/c15-11-5-7-19-13(11)14(18)17-10-4-3-9-2-1-6-16-12(9)8-10/h3-5,7-8,16H,1-2,6H2,(H,17,18). The maximum Gasteiger partial charge on any atom is 0.267 e. The minimum Gasteiger partial charge on any atom is -0.385 e. The van der Waals surface area contributed by atoms with Crippen molar-refractivity contribution in [3.05, 3.63) is 45.1 Å². The molecule has 19 heavy (non-hydrogen) atoms. The number of rotatable bonds is 2. The van der Waals surface area contributed by atoms with E-state index >= 15 is 0 Å². The number of nitrogens with one attached hydrogen (secondary N) is 2. The molecule has 1 aliphatic heterocycles. The van der Waals surface area contributed by atoms with Crippen LogP contribution in [-0.2, 0) is 6.42 Å². The number of fused-ring (bicyclic) bond motifs is 1. The van der Waals surface area contributed by atoms with Gasteiger partial charge in [0.25, 0.3) is 5.91 Å². The first-order valence-corrected chi connectivity index (χ1v) is 7.41. The highest BCUT2D eigenvalue weighted by Crippen LogP contribution is 2.27. The van der Waals surface area contributed by atoms with Crippen LogP contribution in [0.4, 0.5) is 11.4 Å². The second kappa shape index (κ2) is 5.23. The molecule has 3 rings (SSSR count). The Morgan fingerprint density at radius 1 is 1.37 bits per heavy atom. The van der Waals surface area contributed by atoms with E-state index in [1.54, 1.807) is 6.07 Å². The van der Waals surface area contributed by atoms with E-state index in [2.05, 4.69) is 16.7 Å². The number of carbonyl (C=O) groups excluding carboxylic acids is 1. The van der Waals surface area contributed by atoms with Crippen molar-refractivity contribution in [1.82, 2.24) is 0 Å². The molecule has 2 heterocycles. The van der Waals surface area contributed by atoms with Crippen LogP contribution in [-0.4, -0.2) is 12.5 Å². The molecule has 0 atom stereocenters. The number of thiophene rings is 1. The van der Waals surface area contributed by atoms with Gasteiger partial charge in [0.15, 0.2) is 0 Å². The molecule has 0 saturated carbocycles. The molecular formula is C14H13ClN2OS. The van der Waals surface area contributed by atoms with E-state index in [9.17, 15) is 4.79 Å². The first kappa shape index (κ1) is 12.5. The van der Waals surface area contributed by atoms with Crippen LogP contribution in [0.5, 0.6) is 0 Å². The van der Waals surface area contributed by atoms with E-state index < -0.39 is 0 Å². The topological polar surface area (TPSA) is 41.1 Å². The van der Waals surface area contributed by atoms with Gasteiger partial charge in [-0.05, 0) is 42.0 Å². The Labute approximate surface area is 120 Å². The van der Waals surface area contributed by atoms with Crippen molar-refractivity contribution in [2.24, 2.45) is 0 Å². The third kappa shape index (κ3) is 2.60. The summed E-state index contributed by atoms with van der Waals surface area (Å²) < 4.78 is 0. The summed E-state index contributed by atoms with van der Waals surface area (Å²) in [6, 6.07) is 7.71. The zero-order chi connectivity index (χ0) is 13.2. The lowest BCUT2D eigenvalue weighted by Crippen LogP contribution is -2.14. The van der Waals surface area contributed by atoms with Crippen LogP contribution in [0.1, 0.15) is 21.7 Å². The third-order valence-corrected chi connectivity index (χ3v) is 4.47. The Morgan fingerprint density at radius 2 is 2.26 bits per heavy atom. The zero-order valence-corrected chi connectivity index (χ0v) is 11.8. The zero-order valence-electron chi connectivity index (χ0n) is 10.2. The van der Waals surface area contributed by atoms with Crippen LogP contribution in [0, 0.1) is 0 Å². The van der Waals surface area contributed by atoms with Crippen molar-refractivity contribution in [3.8, 4) is 0 Å². The second-order valence-electron chi connectivity index (χ2n) is 4.45. The van der Waals surface area contributed by atoms with Gasteiger partial charge in [0.1, 0.15) is 4.88 Å². The first-order valence-electron chi connectivity index (χ1n) is 6.15. The molecule has 3 nitrogen and oxygen atoms in total. The van der Waals surface area contributed by atoms with E-state index in [-0.39, 0.29) is 5.91 Å². The van der Waals surface area contributed by atoms with Gasteiger partial charge in [-0.25, -0.2) is 0 Å². The number of benzene rings is 1. The third-order valence-electron chi connectivity index (χ3n) is 3.13. The fourth-order valence-electron chi connectivity index (χ4n) is 2.18. The van der Waals surface area contributed by atoms with Gasteiger partial charge in [-0.15, -0.1) is 11.3 Å². The molecular weight excluding hydrogens is 280 g/mol. The molecule has 98 valence electrons. The molecule has 1 aromatic heterocycles. The lowest BCUT2D eigenvalue weighted by Gasteiger charge is -2.18. The predicted molar refractivity (Wildman–Crippen MR) is 80.5 cm³/mol. The molecule has 5 heteroatoms. The minimum atomic E-state index is -0.157. The van der Waals surface area contributed by atoms with Gasteiger partial charge in [0.2, 0.25) is 0 Å². The Kier molecular flexibility index (Phi) is 3.44. The van der Waals surface area contributed by atoms with E-state index in [1.165, 1.54) is 16.9 Å². The second-order valence-corrected chi connectivity index (χ2v) is 5.78. The first-order chi connectivity index (χ1) is 9.24. The van der Waals surface area contributed by atoms with Crippen molar-refractivity contribution < 1.29 is 4.79 Å². The molecule has 0 bridgehead atoms. The largest absolute Gasteiger partial charge is 0.385 e. The number of carbonyl (C=O) groups is 1. The molecule has 0 aliphatic carbocycles. The maximum absolute atomic E-state index is 12.1. The maximum atomic E-state index is 12.1. The number of halogens is 1. The van der Waals surface area contributed by atoms with E-state index in [0.29, 0.717) is 9.90 Å². The van der Waals surface area contributed by atoms with Crippen LogP contribution >= 0.6 is 22.9 Å². The van der Waals surface area contributed by atoms with Crippen molar-refractivity contribution >= 4 is 40.2 Å². The van der Waals surface area contributed by atoms with Crippen molar-refractivity contribution in [3.63, 3.8) is 0 Å². The van der Waals surface area contributed by atoms with E-state index in [0.717, 1.165) is 30.8 Å². The molecule has 2 aromatic rings. The number of amides is 1. The molecule has 0 unspecified atom stereocenters. The van der Waals surface area contributed by atoms with Gasteiger partial charge >= 0.3 is 0 Å². The molecule has 2 N–H and O–H groups in total. The average molecular weight is 293 g/mol. The molecule has 1 amide bonds. The van der Waals surface area contributed by atoms with Crippen LogP contribution in [0.25, 0.3) is 0 Å². The highest BCUT2D eigenvalue weighted by Gasteiger charge is 2.14. The molecule has 1 aliphatic rings. The van der Waals surface area contributed by atoms with Crippen molar-refractivity contribution in [1.29, 1.82) is 0 Å². The van der Waals surface area contributed by atoms with E-state index in [4.69, 9.17) is 11.6 Å². The molecule has 0 fully saturated rings. The average Bonchev–Trinajstić information content (AvgIpc) is 2.85. The predicted octanol–water partition coefficient (Wildman–Crippen LogP) is 4.01. The fourth-order valence-corrected chi connectivity index (χ4v) is 3.22. The Hall–Kier alpha value is -1.52. The highest BCUT2D eigenvalue weighted by molar-refractivity contribution is 7.12. The van der Waals surface area contributed by atoms with Crippen LogP contribution in [0.3, 0.4) is 0 Å². The van der Waals surface area contributed by atoms with E-state index in [1.807, 2.05) is 17.5 Å². The van der Waals surface area contributed by atoms with Crippen molar-refractivity contribution in [2.45, 2.75) is 12.8 Å². The summed E-state index contributed by atoms with van der Waals surface area (Å²) in [7, 11) is 0. The number of hydrogen-bond acceptors (Lipinski definition) is 3. The van der Waals surface area contributed by atoms with Gasteiger partial charge in [0.05, 0.1) is 5.02 Å². The molecule has 0 saturated heterocycles. The Balaban J connectivity index is 1.80. The summed E-state index contributed by atoms with van der Waals surface area (Å²) in [5, 5.41) is 8.54. The van der Waals surface area contributed by atoms with Gasteiger partial charge < -0.3 is 10.6 Å². The van der Waals surface area contributed by atoms with Crippen LogP contribution in [0.2, 0.25) is 5.02 Å². The monoisotopic (exact) mass is 292 g/mol. The molecule has 0 spiro atoms. The van der Waals surface area contributed by atoms with Crippen LogP contribution in [0.15, 0.2) is 29.6 Å². The smallest absolute Gasteiger partial charge is 0.267 e. The lowest BCUT2D eigenvalue weighted by atomic mass is 10.0. The number of aryl methyl sites for hydroxylation is 1. The van der Waals surface area contributed by atoms with Crippen molar-refractivity contribution in [2.75, 3.05) is 17.2 Å². The van der Waals surface area contributed by atoms with Gasteiger partial charge in [-0.3, -0.25) is 4.79 Å². The summed E-state index contributed by atoms with van der Waals surface area (Å²) >= 11 is 7.30. The van der Waals surface area contributed by atoms with Gasteiger partial charge in [-0.1, -0.05) is 17.7 Å². The molecule has 1 aromatic carbocycles. The lowest BCUT2D eigenvalue weighted by molar-refractivity contribution is 0.103. The Morgan fingerprint density at radius 3 is 3.05 bits per heavy atom.